The number of nitrogens with one attached hydrogen (secondary N) is 2. The average Bonchev–Trinajstić information content (AvgIpc) is 3.01. The summed E-state index contributed by atoms with van der Waals surface area (Å²) in [6.45, 7) is 5.70. The molecular formula is C24H26N2O2. The predicted octanol–water partition coefficient (Wildman–Crippen LogP) is 4.79. The first kappa shape index (κ1) is 19.6. The Morgan fingerprint density at radius 1 is 0.929 bits per heavy atom. The fraction of sp³-hybridized carbons (Fsp3) is 0.250. The molecule has 0 fully saturated rings. The molecule has 3 aromatic rings. The number of aromatic amines is 1. The van der Waals surface area contributed by atoms with Crippen molar-refractivity contribution in [3.05, 3.63) is 94.3 Å². The van der Waals surface area contributed by atoms with Gasteiger partial charge in [-0.3, -0.25) is 9.59 Å². The Hall–Kier alpha value is -3.14. The molecule has 1 heterocycles. The van der Waals surface area contributed by atoms with Gasteiger partial charge in [-0.1, -0.05) is 60.7 Å². The Bertz CT molecular complexity index is 920. The van der Waals surface area contributed by atoms with Gasteiger partial charge in [0.25, 0.3) is 5.91 Å². The van der Waals surface area contributed by atoms with Crippen LogP contribution in [0.4, 0.5) is 0 Å². The molecule has 0 aliphatic rings. The minimum atomic E-state index is -0.173. The second kappa shape index (κ2) is 8.70. The fourth-order valence-electron chi connectivity index (χ4n) is 3.82. The van der Waals surface area contributed by atoms with Crippen molar-refractivity contribution in [3.63, 3.8) is 0 Å². The van der Waals surface area contributed by atoms with E-state index in [4.69, 9.17) is 0 Å². The molecule has 0 aliphatic carbocycles. The van der Waals surface area contributed by atoms with E-state index in [9.17, 15) is 9.59 Å². The number of aryl methyl sites for hydroxylation is 1. The van der Waals surface area contributed by atoms with Crippen molar-refractivity contribution in [2.24, 2.45) is 0 Å². The van der Waals surface area contributed by atoms with Crippen LogP contribution in [-0.2, 0) is 0 Å². The average molecular weight is 374 g/mol. The second-order valence-corrected chi connectivity index (χ2v) is 7.10. The monoisotopic (exact) mass is 374 g/mol. The number of rotatable bonds is 7. The van der Waals surface area contributed by atoms with Crippen LogP contribution in [0.25, 0.3) is 0 Å². The van der Waals surface area contributed by atoms with Crippen LogP contribution in [0.1, 0.15) is 62.5 Å². The highest BCUT2D eigenvalue weighted by molar-refractivity contribution is 6.02. The summed E-state index contributed by atoms with van der Waals surface area (Å²) in [5, 5.41) is 3.01. The maximum Gasteiger partial charge on any atom is 0.268 e. The Balaban J connectivity index is 1.72. The van der Waals surface area contributed by atoms with E-state index in [0.717, 1.165) is 12.1 Å². The number of hydrogen-bond donors (Lipinski definition) is 2. The zero-order valence-electron chi connectivity index (χ0n) is 16.6. The minimum Gasteiger partial charge on any atom is -0.354 e. The maximum absolute atomic E-state index is 12.7. The molecule has 0 saturated heterocycles. The molecule has 0 unspecified atom stereocenters. The van der Waals surface area contributed by atoms with E-state index in [1.165, 1.54) is 18.1 Å². The third-order valence-corrected chi connectivity index (χ3v) is 5.14. The maximum atomic E-state index is 12.7. The Labute approximate surface area is 166 Å². The Kier molecular flexibility index (Phi) is 6.09. The van der Waals surface area contributed by atoms with Gasteiger partial charge in [-0.15, -0.1) is 0 Å². The largest absolute Gasteiger partial charge is 0.354 e. The summed E-state index contributed by atoms with van der Waals surface area (Å²) < 4.78 is 0. The molecule has 1 aromatic heterocycles. The molecule has 0 aliphatic heterocycles. The van der Waals surface area contributed by atoms with Crippen molar-refractivity contribution < 1.29 is 9.59 Å². The molecule has 0 bridgehead atoms. The third-order valence-electron chi connectivity index (χ3n) is 5.14. The van der Waals surface area contributed by atoms with Gasteiger partial charge in [-0.05, 0) is 43.9 Å². The molecule has 3 rings (SSSR count). The number of hydrogen-bond acceptors (Lipinski definition) is 2. The number of benzene rings is 2. The standard InChI is InChI=1S/C24H26N2O2/c1-16-22(18(3)27)17(2)26-23(16)24(28)25-15-14-21(19-10-6-4-7-11-19)20-12-8-5-9-13-20/h4-13,21,26H,14-15H2,1-3H3,(H,25,28). The molecule has 1 amide bonds. The molecular weight excluding hydrogens is 348 g/mol. The number of carbonyl (C=O) groups is 2. The number of aromatic nitrogens is 1. The van der Waals surface area contributed by atoms with E-state index in [1.54, 1.807) is 0 Å². The lowest BCUT2D eigenvalue weighted by atomic mass is 9.88. The molecule has 0 atom stereocenters. The van der Waals surface area contributed by atoms with Crippen molar-refractivity contribution >= 4 is 11.7 Å². The predicted molar refractivity (Wildman–Crippen MR) is 112 cm³/mol. The molecule has 4 heteroatoms. The first-order valence-corrected chi connectivity index (χ1v) is 9.57. The van der Waals surface area contributed by atoms with E-state index in [2.05, 4.69) is 34.6 Å². The van der Waals surface area contributed by atoms with Gasteiger partial charge < -0.3 is 10.3 Å². The molecule has 2 aromatic carbocycles. The number of carbonyl (C=O) groups excluding carboxylic acids is 2. The lowest BCUT2D eigenvalue weighted by Gasteiger charge is -2.18. The van der Waals surface area contributed by atoms with Crippen molar-refractivity contribution in [1.29, 1.82) is 0 Å². The van der Waals surface area contributed by atoms with Gasteiger partial charge in [-0.2, -0.15) is 0 Å². The van der Waals surface area contributed by atoms with E-state index in [-0.39, 0.29) is 17.6 Å². The van der Waals surface area contributed by atoms with E-state index < -0.39 is 0 Å². The van der Waals surface area contributed by atoms with Crippen LogP contribution in [0.5, 0.6) is 0 Å². The van der Waals surface area contributed by atoms with Crippen LogP contribution in [0, 0.1) is 13.8 Å². The summed E-state index contributed by atoms with van der Waals surface area (Å²) in [4.78, 5) is 27.5. The van der Waals surface area contributed by atoms with Gasteiger partial charge in [-0.25, -0.2) is 0 Å². The number of Topliss-reactive ketones (excluding diaryl/α,β-unsaturated/α-hetero) is 1. The zero-order chi connectivity index (χ0) is 20.1. The molecule has 144 valence electrons. The topological polar surface area (TPSA) is 62.0 Å². The number of H-pyrrole nitrogens is 1. The van der Waals surface area contributed by atoms with Gasteiger partial charge >= 0.3 is 0 Å². The SMILES string of the molecule is CC(=O)c1c(C)[nH]c(C(=O)NCCC(c2ccccc2)c2ccccc2)c1C. The normalized spacial score (nSPS) is 10.9. The Morgan fingerprint density at radius 3 is 1.93 bits per heavy atom. The van der Waals surface area contributed by atoms with Crippen LogP contribution in [-0.4, -0.2) is 23.2 Å². The summed E-state index contributed by atoms with van der Waals surface area (Å²) in [5.41, 5.74) is 4.99. The van der Waals surface area contributed by atoms with Crippen LogP contribution in [0.15, 0.2) is 60.7 Å². The van der Waals surface area contributed by atoms with E-state index in [0.29, 0.717) is 23.4 Å². The zero-order valence-corrected chi connectivity index (χ0v) is 16.6. The summed E-state index contributed by atoms with van der Waals surface area (Å²) in [6.07, 6.45) is 0.790. The summed E-state index contributed by atoms with van der Waals surface area (Å²) in [5.74, 6) is 0.00782. The molecule has 0 saturated carbocycles. The number of amides is 1. The summed E-state index contributed by atoms with van der Waals surface area (Å²) in [6, 6.07) is 20.7. The van der Waals surface area contributed by atoms with Gasteiger partial charge in [0.1, 0.15) is 5.69 Å². The Morgan fingerprint density at radius 2 is 1.46 bits per heavy atom. The van der Waals surface area contributed by atoms with Crippen molar-refractivity contribution in [2.75, 3.05) is 6.54 Å². The quantitative estimate of drug-likeness (QED) is 0.584. The highest BCUT2D eigenvalue weighted by Crippen LogP contribution is 2.27. The van der Waals surface area contributed by atoms with Crippen LogP contribution >= 0.6 is 0 Å². The highest BCUT2D eigenvalue weighted by Gasteiger charge is 2.20. The summed E-state index contributed by atoms with van der Waals surface area (Å²) >= 11 is 0. The second-order valence-electron chi connectivity index (χ2n) is 7.10. The highest BCUT2D eigenvalue weighted by atomic mass is 16.2. The van der Waals surface area contributed by atoms with Gasteiger partial charge in [0, 0.05) is 23.7 Å². The first-order valence-electron chi connectivity index (χ1n) is 9.57. The smallest absolute Gasteiger partial charge is 0.268 e. The fourth-order valence-corrected chi connectivity index (χ4v) is 3.82. The van der Waals surface area contributed by atoms with Gasteiger partial charge in [0.2, 0.25) is 0 Å². The third kappa shape index (κ3) is 4.22. The molecule has 2 N–H and O–H groups in total. The van der Waals surface area contributed by atoms with Gasteiger partial charge in [0.15, 0.2) is 5.78 Å². The minimum absolute atomic E-state index is 0.0291. The van der Waals surface area contributed by atoms with Crippen molar-refractivity contribution in [2.45, 2.75) is 33.1 Å². The van der Waals surface area contributed by atoms with E-state index >= 15 is 0 Å². The lowest BCUT2D eigenvalue weighted by Crippen LogP contribution is -2.26. The first-order chi connectivity index (χ1) is 13.5. The van der Waals surface area contributed by atoms with E-state index in [1.807, 2.05) is 50.2 Å². The lowest BCUT2D eigenvalue weighted by molar-refractivity contribution is 0.0947. The van der Waals surface area contributed by atoms with Crippen molar-refractivity contribution in [1.82, 2.24) is 10.3 Å². The molecule has 0 radical (unpaired) electrons. The summed E-state index contributed by atoms with van der Waals surface area (Å²) in [7, 11) is 0. The number of ketones is 1. The molecule has 4 nitrogen and oxygen atoms in total. The van der Waals surface area contributed by atoms with Crippen molar-refractivity contribution in [3.8, 4) is 0 Å². The van der Waals surface area contributed by atoms with Gasteiger partial charge in [0.05, 0.1) is 0 Å². The van der Waals surface area contributed by atoms with Crippen LogP contribution in [0.3, 0.4) is 0 Å². The van der Waals surface area contributed by atoms with Crippen LogP contribution in [0.2, 0.25) is 0 Å². The van der Waals surface area contributed by atoms with Crippen LogP contribution < -0.4 is 5.32 Å². The molecule has 0 spiro atoms. The molecule has 28 heavy (non-hydrogen) atoms.